The maximum atomic E-state index is 13.0. The molecule has 6 heteroatoms. The fourth-order valence-electron chi connectivity index (χ4n) is 2.37. The second kappa shape index (κ2) is 6.22. The Balaban J connectivity index is 2.27. The summed E-state index contributed by atoms with van der Waals surface area (Å²) in [5.41, 5.74) is 0.198. The van der Waals surface area contributed by atoms with Crippen LogP contribution in [0.2, 0.25) is 5.02 Å². The van der Waals surface area contributed by atoms with E-state index in [0.717, 1.165) is 18.9 Å². The molecule has 0 spiro atoms. The van der Waals surface area contributed by atoms with Gasteiger partial charge >= 0.3 is 5.97 Å². The largest absolute Gasteiger partial charge is 0.467 e. The number of esters is 1. The molecule has 108 valence electrons. The lowest BCUT2D eigenvalue weighted by atomic mass is 10.0. The topological polar surface area (TPSA) is 46.6 Å². The third-order valence-corrected chi connectivity index (χ3v) is 3.71. The summed E-state index contributed by atoms with van der Waals surface area (Å²) in [4.78, 5) is 25.7. The zero-order chi connectivity index (χ0) is 14.7. The molecule has 0 unspecified atom stereocenters. The van der Waals surface area contributed by atoms with Crippen molar-refractivity contribution in [3.05, 3.63) is 34.6 Å². The number of ether oxygens (including phenoxy) is 1. The minimum atomic E-state index is -0.595. The van der Waals surface area contributed by atoms with E-state index in [0.29, 0.717) is 13.0 Å². The number of hydrogen-bond acceptors (Lipinski definition) is 3. The average molecular weight is 300 g/mol. The molecule has 1 aliphatic rings. The van der Waals surface area contributed by atoms with E-state index in [9.17, 15) is 14.0 Å². The van der Waals surface area contributed by atoms with Gasteiger partial charge in [0.2, 0.25) is 0 Å². The maximum absolute atomic E-state index is 13.0. The summed E-state index contributed by atoms with van der Waals surface area (Å²) >= 11 is 5.90. The van der Waals surface area contributed by atoms with Crippen molar-refractivity contribution in [2.75, 3.05) is 13.7 Å². The second-order valence-electron chi connectivity index (χ2n) is 4.66. The number of nitrogens with zero attached hydrogens (tertiary/aromatic N) is 1. The predicted molar refractivity (Wildman–Crippen MR) is 72.1 cm³/mol. The fraction of sp³-hybridized carbons (Fsp3) is 0.429. The first-order valence-electron chi connectivity index (χ1n) is 6.38. The van der Waals surface area contributed by atoms with E-state index in [4.69, 9.17) is 16.3 Å². The molecular weight excluding hydrogens is 285 g/mol. The lowest BCUT2D eigenvalue weighted by Gasteiger charge is -2.34. The van der Waals surface area contributed by atoms with E-state index in [-0.39, 0.29) is 16.5 Å². The molecule has 1 amide bonds. The van der Waals surface area contributed by atoms with Crippen LogP contribution in [0.15, 0.2) is 18.2 Å². The Morgan fingerprint density at radius 3 is 2.80 bits per heavy atom. The molecule has 1 fully saturated rings. The van der Waals surface area contributed by atoms with Crippen LogP contribution in [-0.2, 0) is 9.53 Å². The zero-order valence-electron chi connectivity index (χ0n) is 11.1. The van der Waals surface area contributed by atoms with Gasteiger partial charge in [0.1, 0.15) is 11.9 Å². The van der Waals surface area contributed by atoms with Crippen molar-refractivity contribution >= 4 is 23.5 Å². The van der Waals surface area contributed by atoms with Gasteiger partial charge in [-0.05, 0) is 37.5 Å². The molecule has 0 aromatic heterocycles. The summed E-state index contributed by atoms with van der Waals surface area (Å²) in [7, 11) is 1.30. The third-order valence-electron chi connectivity index (χ3n) is 3.40. The molecule has 1 saturated heterocycles. The number of carbonyl (C=O) groups is 2. The molecule has 1 aliphatic heterocycles. The van der Waals surface area contributed by atoms with Gasteiger partial charge in [-0.25, -0.2) is 9.18 Å². The monoisotopic (exact) mass is 299 g/mol. The number of likely N-dealkylation sites (tertiary alicyclic amines) is 1. The Bertz CT molecular complexity index is 535. The quantitative estimate of drug-likeness (QED) is 0.789. The summed E-state index contributed by atoms with van der Waals surface area (Å²) < 4.78 is 17.8. The first-order chi connectivity index (χ1) is 9.54. The molecule has 0 aliphatic carbocycles. The first-order valence-corrected chi connectivity index (χ1v) is 6.76. The van der Waals surface area contributed by atoms with Crippen LogP contribution in [0.3, 0.4) is 0 Å². The van der Waals surface area contributed by atoms with Crippen molar-refractivity contribution in [3.8, 4) is 0 Å². The van der Waals surface area contributed by atoms with Gasteiger partial charge in [0.25, 0.3) is 5.91 Å². The molecule has 1 heterocycles. The van der Waals surface area contributed by atoms with Crippen molar-refractivity contribution in [2.45, 2.75) is 25.3 Å². The van der Waals surface area contributed by atoms with E-state index in [1.165, 1.54) is 24.1 Å². The van der Waals surface area contributed by atoms with Gasteiger partial charge in [0.05, 0.1) is 17.7 Å². The van der Waals surface area contributed by atoms with Crippen molar-refractivity contribution in [1.82, 2.24) is 4.90 Å². The molecule has 20 heavy (non-hydrogen) atoms. The first kappa shape index (κ1) is 14.8. The van der Waals surface area contributed by atoms with Gasteiger partial charge in [0.15, 0.2) is 0 Å². The van der Waals surface area contributed by atoms with E-state index < -0.39 is 17.8 Å². The standard InChI is InChI=1S/C14H15ClFNO3/c1-20-14(19)12-4-2-3-7-17(12)13(18)10-6-5-9(16)8-11(10)15/h5-6,8,12H,2-4,7H2,1H3/t12-/m0/s1. The molecule has 0 bridgehead atoms. The van der Waals surface area contributed by atoms with Gasteiger partial charge in [-0.15, -0.1) is 0 Å². The van der Waals surface area contributed by atoms with Crippen LogP contribution in [0.5, 0.6) is 0 Å². The number of piperidine rings is 1. The summed E-state index contributed by atoms with van der Waals surface area (Å²) in [6, 6.07) is 3.01. The van der Waals surface area contributed by atoms with Gasteiger partial charge < -0.3 is 9.64 Å². The third kappa shape index (κ3) is 2.93. The highest BCUT2D eigenvalue weighted by atomic mass is 35.5. The van der Waals surface area contributed by atoms with Crippen LogP contribution in [0.25, 0.3) is 0 Å². The summed E-state index contributed by atoms with van der Waals surface area (Å²) in [5.74, 6) is -1.31. The van der Waals surface area contributed by atoms with Gasteiger partial charge in [-0.3, -0.25) is 4.79 Å². The van der Waals surface area contributed by atoms with Crippen LogP contribution in [-0.4, -0.2) is 36.5 Å². The van der Waals surface area contributed by atoms with Gasteiger partial charge in [-0.1, -0.05) is 11.6 Å². The number of amides is 1. The lowest BCUT2D eigenvalue weighted by Crippen LogP contribution is -2.48. The smallest absolute Gasteiger partial charge is 0.328 e. The van der Waals surface area contributed by atoms with Crippen LogP contribution in [0, 0.1) is 5.82 Å². The number of carbonyl (C=O) groups excluding carboxylic acids is 2. The minimum absolute atomic E-state index is 0.0455. The fourth-order valence-corrected chi connectivity index (χ4v) is 2.62. The lowest BCUT2D eigenvalue weighted by molar-refractivity contribution is -0.147. The van der Waals surface area contributed by atoms with Crippen LogP contribution >= 0.6 is 11.6 Å². The highest BCUT2D eigenvalue weighted by Crippen LogP contribution is 2.24. The van der Waals surface area contributed by atoms with Crippen LogP contribution in [0.4, 0.5) is 4.39 Å². The minimum Gasteiger partial charge on any atom is -0.467 e. The Morgan fingerprint density at radius 1 is 1.40 bits per heavy atom. The number of rotatable bonds is 2. The maximum Gasteiger partial charge on any atom is 0.328 e. The molecule has 2 rings (SSSR count). The highest BCUT2D eigenvalue weighted by molar-refractivity contribution is 6.33. The van der Waals surface area contributed by atoms with Crippen LogP contribution in [0.1, 0.15) is 29.6 Å². The van der Waals surface area contributed by atoms with E-state index >= 15 is 0 Å². The summed E-state index contributed by atoms with van der Waals surface area (Å²) in [6.45, 7) is 0.465. The van der Waals surface area contributed by atoms with E-state index in [1.807, 2.05) is 0 Å². The van der Waals surface area contributed by atoms with E-state index in [2.05, 4.69) is 0 Å². The van der Waals surface area contributed by atoms with Crippen molar-refractivity contribution in [1.29, 1.82) is 0 Å². The normalized spacial score (nSPS) is 18.8. The summed E-state index contributed by atoms with van der Waals surface area (Å²) in [6.07, 6.45) is 2.25. The number of halogens is 2. The van der Waals surface area contributed by atoms with Crippen molar-refractivity contribution < 1.29 is 18.7 Å². The molecule has 4 nitrogen and oxygen atoms in total. The molecule has 1 aromatic rings. The predicted octanol–water partition coefficient (Wildman–Crippen LogP) is 2.65. The summed E-state index contributed by atoms with van der Waals surface area (Å²) in [5, 5.41) is 0.0455. The van der Waals surface area contributed by atoms with Crippen LogP contribution < -0.4 is 0 Å². The molecule has 1 aromatic carbocycles. The number of hydrogen-bond donors (Lipinski definition) is 0. The Kier molecular flexibility index (Phi) is 4.60. The molecule has 0 radical (unpaired) electrons. The van der Waals surface area contributed by atoms with E-state index in [1.54, 1.807) is 0 Å². The number of methoxy groups -OCH3 is 1. The molecule has 0 saturated carbocycles. The Labute approximate surface area is 121 Å². The van der Waals surface area contributed by atoms with Crippen molar-refractivity contribution in [2.24, 2.45) is 0 Å². The highest BCUT2D eigenvalue weighted by Gasteiger charge is 2.33. The van der Waals surface area contributed by atoms with Crippen molar-refractivity contribution in [3.63, 3.8) is 0 Å². The molecule has 1 atom stereocenters. The van der Waals surface area contributed by atoms with Gasteiger partial charge in [-0.2, -0.15) is 0 Å². The zero-order valence-corrected chi connectivity index (χ0v) is 11.8. The Morgan fingerprint density at radius 2 is 2.15 bits per heavy atom. The molecular formula is C14H15ClFNO3. The Hall–Kier alpha value is -1.62. The number of benzene rings is 1. The van der Waals surface area contributed by atoms with Gasteiger partial charge in [0, 0.05) is 6.54 Å². The average Bonchev–Trinajstić information content (AvgIpc) is 2.46. The second-order valence-corrected chi connectivity index (χ2v) is 5.06. The SMILES string of the molecule is COC(=O)[C@@H]1CCCCN1C(=O)c1ccc(F)cc1Cl. The molecule has 0 N–H and O–H groups in total.